The van der Waals surface area contributed by atoms with Crippen molar-refractivity contribution in [1.29, 1.82) is 0 Å². The molecular weight excluding hydrogens is 334 g/mol. The third kappa shape index (κ3) is 3.97. The van der Waals surface area contributed by atoms with Gasteiger partial charge in [0.05, 0.1) is 25.1 Å². The molecule has 26 heavy (non-hydrogen) atoms. The lowest BCUT2D eigenvalue weighted by Gasteiger charge is -2.12. The fourth-order valence-corrected chi connectivity index (χ4v) is 2.32. The number of amides is 1. The van der Waals surface area contributed by atoms with Crippen LogP contribution in [0.1, 0.15) is 24.2 Å². The van der Waals surface area contributed by atoms with E-state index in [1.807, 2.05) is 13.8 Å². The van der Waals surface area contributed by atoms with Crippen molar-refractivity contribution >= 4 is 11.6 Å². The average molecular weight is 353 g/mol. The number of nitrogens with zero attached hydrogens (tertiary/aromatic N) is 4. The zero-order valence-corrected chi connectivity index (χ0v) is 14.5. The summed E-state index contributed by atoms with van der Waals surface area (Å²) >= 11 is 0. The monoisotopic (exact) mass is 353 g/mol. The standard InChI is InChI=1S/C18H19N5O3/c1-3-25-15-7-5-13(9-16(15)26-4-2)18(24)22-14-6-8-17(20-10-14)23-12-19-11-21-23/h5-12H,3-4H2,1-2H3,(H,22,24). The molecule has 2 aromatic heterocycles. The number of aromatic nitrogens is 4. The first kappa shape index (κ1) is 17.4. The summed E-state index contributed by atoms with van der Waals surface area (Å²) in [4.78, 5) is 20.6. The Morgan fingerprint density at radius 3 is 2.58 bits per heavy atom. The first-order chi connectivity index (χ1) is 12.7. The highest BCUT2D eigenvalue weighted by Crippen LogP contribution is 2.28. The van der Waals surface area contributed by atoms with E-state index in [0.29, 0.717) is 41.8 Å². The van der Waals surface area contributed by atoms with Crippen LogP contribution in [0.25, 0.3) is 5.82 Å². The molecule has 1 aromatic carbocycles. The Bertz CT molecular complexity index is 863. The molecule has 3 rings (SSSR count). The SMILES string of the molecule is CCOc1ccc(C(=O)Nc2ccc(-n3cncn3)nc2)cc1OCC. The molecule has 2 heterocycles. The number of rotatable bonds is 7. The van der Waals surface area contributed by atoms with Gasteiger partial charge >= 0.3 is 0 Å². The molecule has 134 valence electrons. The maximum Gasteiger partial charge on any atom is 0.255 e. The van der Waals surface area contributed by atoms with Crippen LogP contribution in [-0.4, -0.2) is 38.9 Å². The molecule has 0 atom stereocenters. The number of hydrogen-bond acceptors (Lipinski definition) is 6. The van der Waals surface area contributed by atoms with Crippen LogP contribution >= 0.6 is 0 Å². The van der Waals surface area contributed by atoms with E-state index in [4.69, 9.17) is 9.47 Å². The van der Waals surface area contributed by atoms with Crippen LogP contribution in [0, 0.1) is 0 Å². The normalized spacial score (nSPS) is 10.4. The van der Waals surface area contributed by atoms with Crippen molar-refractivity contribution in [2.75, 3.05) is 18.5 Å². The van der Waals surface area contributed by atoms with Crippen molar-refractivity contribution in [3.8, 4) is 17.3 Å². The van der Waals surface area contributed by atoms with Crippen molar-refractivity contribution in [2.45, 2.75) is 13.8 Å². The Balaban J connectivity index is 1.74. The summed E-state index contributed by atoms with van der Waals surface area (Å²) in [6.07, 6.45) is 4.54. The number of benzene rings is 1. The van der Waals surface area contributed by atoms with E-state index in [1.165, 1.54) is 11.0 Å². The zero-order chi connectivity index (χ0) is 18.4. The Hall–Kier alpha value is -3.42. The highest BCUT2D eigenvalue weighted by Gasteiger charge is 2.12. The molecule has 0 radical (unpaired) electrons. The third-order valence-electron chi connectivity index (χ3n) is 3.46. The minimum Gasteiger partial charge on any atom is -0.490 e. The Kier molecular flexibility index (Phi) is 5.43. The maximum absolute atomic E-state index is 12.5. The van der Waals surface area contributed by atoms with Gasteiger partial charge in [0.2, 0.25) is 0 Å². The molecule has 0 bridgehead atoms. The van der Waals surface area contributed by atoms with Gasteiger partial charge in [-0.05, 0) is 44.2 Å². The van der Waals surface area contributed by atoms with Crippen LogP contribution < -0.4 is 14.8 Å². The molecule has 1 N–H and O–H groups in total. The summed E-state index contributed by atoms with van der Waals surface area (Å²) in [6, 6.07) is 8.59. The molecule has 3 aromatic rings. The van der Waals surface area contributed by atoms with Crippen LogP contribution in [0.2, 0.25) is 0 Å². The molecule has 0 aliphatic carbocycles. The van der Waals surface area contributed by atoms with E-state index >= 15 is 0 Å². The summed E-state index contributed by atoms with van der Waals surface area (Å²) in [5.74, 6) is 1.51. The molecular formula is C18H19N5O3. The van der Waals surface area contributed by atoms with Gasteiger partial charge in [0, 0.05) is 5.56 Å². The topological polar surface area (TPSA) is 91.2 Å². The van der Waals surface area contributed by atoms with Gasteiger partial charge in [-0.15, -0.1) is 0 Å². The molecule has 1 amide bonds. The Morgan fingerprint density at radius 2 is 1.92 bits per heavy atom. The van der Waals surface area contributed by atoms with Crippen molar-refractivity contribution in [1.82, 2.24) is 19.7 Å². The van der Waals surface area contributed by atoms with Crippen LogP contribution in [0.15, 0.2) is 49.2 Å². The second kappa shape index (κ2) is 8.11. The van der Waals surface area contributed by atoms with E-state index in [9.17, 15) is 4.79 Å². The minimum atomic E-state index is -0.260. The number of ether oxygens (including phenoxy) is 2. The number of nitrogens with one attached hydrogen (secondary N) is 1. The fourth-order valence-electron chi connectivity index (χ4n) is 2.32. The smallest absolute Gasteiger partial charge is 0.255 e. The Morgan fingerprint density at radius 1 is 1.12 bits per heavy atom. The first-order valence-electron chi connectivity index (χ1n) is 8.23. The molecule has 0 saturated carbocycles. The van der Waals surface area contributed by atoms with Gasteiger partial charge in [0.25, 0.3) is 5.91 Å². The average Bonchev–Trinajstić information content (AvgIpc) is 3.19. The number of carbonyl (C=O) groups excluding carboxylic acids is 1. The van der Waals surface area contributed by atoms with Crippen molar-refractivity contribution in [2.24, 2.45) is 0 Å². The van der Waals surface area contributed by atoms with Gasteiger partial charge in [0.1, 0.15) is 12.7 Å². The van der Waals surface area contributed by atoms with E-state index in [0.717, 1.165) is 0 Å². The van der Waals surface area contributed by atoms with E-state index in [2.05, 4.69) is 20.4 Å². The first-order valence-corrected chi connectivity index (χ1v) is 8.23. The minimum absolute atomic E-state index is 0.260. The maximum atomic E-state index is 12.5. The van der Waals surface area contributed by atoms with Gasteiger partial charge < -0.3 is 14.8 Å². The van der Waals surface area contributed by atoms with Crippen LogP contribution in [-0.2, 0) is 0 Å². The van der Waals surface area contributed by atoms with Crippen LogP contribution in [0.3, 0.4) is 0 Å². The molecule has 8 nitrogen and oxygen atoms in total. The molecule has 0 unspecified atom stereocenters. The van der Waals surface area contributed by atoms with Crippen LogP contribution in [0.4, 0.5) is 5.69 Å². The van der Waals surface area contributed by atoms with Gasteiger partial charge in [-0.25, -0.2) is 14.6 Å². The fraction of sp³-hybridized carbons (Fsp3) is 0.222. The molecule has 0 aliphatic heterocycles. The Labute approximate surface area is 150 Å². The summed E-state index contributed by atoms with van der Waals surface area (Å²) < 4.78 is 12.6. The summed E-state index contributed by atoms with van der Waals surface area (Å²) in [5, 5.41) is 6.81. The summed E-state index contributed by atoms with van der Waals surface area (Å²) in [6.45, 7) is 4.78. The predicted octanol–water partition coefficient (Wildman–Crippen LogP) is 2.71. The van der Waals surface area contributed by atoms with Gasteiger partial charge in [-0.3, -0.25) is 4.79 Å². The van der Waals surface area contributed by atoms with E-state index < -0.39 is 0 Å². The number of pyridine rings is 1. The third-order valence-corrected chi connectivity index (χ3v) is 3.46. The second-order valence-corrected chi connectivity index (χ2v) is 5.23. The molecule has 0 spiro atoms. The van der Waals surface area contributed by atoms with Gasteiger partial charge in [-0.1, -0.05) is 0 Å². The lowest BCUT2D eigenvalue weighted by atomic mass is 10.2. The lowest BCUT2D eigenvalue weighted by molar-refractivity contribution is 0.102. The molecule has 8 heteroatoms. The molecule has 0 saturated heterocycles. The van der Waals surface area contributed by atoms with Crippen LogP contribution in [0.5, 0.6) is 11.5 Å². The summed E-state index contributed by atoms with van der Waals surface area (Å²) in [5.41, 5.74) is 1.04. The lowest BCUT2D eigenvalue weighted by Crippen LogP contribution is -2.13. The van der Waals surface area contributed by atoms with Crippen molar-refractivity contribution in [3.05, 3.63) is 54.7 Å². The number of carbonyl (C=O) groups is 1. The van der Waals surface area contributed by atoms with Gasteiger partial charge in [0.15, 0.2) is 17.3 Å². The number of anilines is 1. The van der Waals surface area contributed by atoms with Gasteiger partial charge in [-0.2, -0.15) is 5.10 Å². The number of hydrogen-bond donors (Lipinski definition) is 1. The highest BCUT2D eigenvalue weighted by molar-refractivity contribution is 6.04. The largest absolute Gasteiger partial charge is 0.490 e. The molecule has 0 aliphatic rings. The quantitative estimate of drug-likeness (QED) is 0.702. The molecule has 0 fully saturated rings. The van der Waals surface area contributed by atoms with Crippen molar-refractivity contribution in [3.63, 3.8) is 0 Å². The predicted molar refractivity (Wildman–Crippen MR) is 95.9 cm³/mol. The second-order valence-electron chi connectivity index (χ2n) is 5.23. The van der Waals surface area contributed by atoms with E-state index in [-0.39, 0.29) is 5.91 Å². The summed E-state index contributed by atoms with van der Waals surface area (Å²) in [7, 11) is 0. The highest BCUT2D eigenvalue weighted by atomic mass is 16.5. The zero-order valence-electron chi connectivity index (χ0n) is 14.5. The van der Waals surface area contributed by atoms with E-state index in [1.54, 1.807) is 42.9 Å². The van der Waals surface area contributed by atoms with Crippen molar-refractivity contribution < 1.29 is 14.3 Å².